The predicted octanol–water partition coefficient (Wildman–Crippen LogP) is 0.622. The Bertz CT molecular complexity index is 279. The molecule has 0 aromatic carbocycles. The number of amides is 1. The molecule has 2 aliphatic rings. The maximum absolute atomic E-state index is 12.2. The summed E-state index contributed by atoms with van der Waals surface area (Å²) in [7, 11) is 0. The molecule has 2 fully saturated rings. The fraction of sp³-hybridized carbons (Fsp3) is 0.917. The summed E-state index contributed by atoms with van der Waals surface area (Å²) >= 11 is 0. The quantitative estimate of drug-likeness (QED) is 0.713. The molecule has 0 bridgehead atoms. The van der Waals surface area contributed by atoms with Crippen molar-refractivity contribution in [3.63, 3.8) is 0 Å². The van der Waals surface area contributed by atoms with Crippen molar-refractivity contribution in [3.05, 3.63) is 0 Å². The van der Waals surface area contributed by atoms with Gasteiger partial charge in [-0.15, -0.1) is 0 Å². The lowest BCUT2D eigenvalue weighted by atomic mass is 9.95. The first-order valence-electron chi connectivity index (χ1n) is 5.99. The van der Waals surface area contributed by atoms with Gasteiger partial charge in [0.25, 0.3) is 0 Å². The number of hydrogen-bond acceptors (Lipinski definition) is 3. The van der Waals surface area contributed by atoms with Gasteiger partial charge in [0.05, 0.1) is 17.1 Å². The Morgan fingerprint density at radius 1 is 1.19 bits per heavy atom. The molecule has 4 heteroatoms. The first kappa shape index (κ1) is 11.9. The smallest absolute Gasteiger partial charge is 0.228 e. The Morgan fingerprint density at radius 2 is 1.69 bits per heavy atom. The molecule has 92 valence electrons. The zero-order valence-corrected chi connectivity index (χ0v) is 10.7. The number of carbonyl (C=O) groups is 1. The highest BCUT2D eigenvalue weighted by Crippen LogP contribution is 2.29. The lowest BCUT2D eigenvalue weighted by Gasteiger charge is -2.48. The van der Waals surface area contributed by atoms with Crippen LogP contribution in [0.5, 0.6) is 0 Å². The Balaban J connectivity index is 2.06. The van der Waals surface area contributed by atoms with Crippen molar-refractivity contribution < 1.29 is 9.53 Å². The molecule has 2 aliphatic heterocycles. The van der Waals surface area contributed by atoms with Crippen molar-refractivity contribution in [2.75, 3.05) is 26.2 Å². The van der Waals surface area contributed by atoms with Crippen molar-refractivity contribution in [2.24, 2.45) is 5.92 Å². The van der Waals surface area contributed by atoms with Crippen LogP contribution in [0.15, 0.2) is 0 Å². The van der Waals surface area contributed by atoms with Gasteiger partial charge in [-0.25, -0.2) is 0 Å². The van der Waals surface area contributed by atoms with Crippen LogP contribution in [0.3, 0.4) is 0 Å². The lowest BCUT2D eigenvalue weighted by Crippen LogP contribution is -2.62. The van der Waals surface area contributed by atoms with Crippen LogP contribution in [0.4, 0.5) is 0 Å². The SMILES string of the molecule is CC1(C)CN(C(=O)C2CNC2)CC(C)(C)O1. The van der Waals surface area contributed by atoms with Gasteiger partial charge in [0.1, 0.15) is 0 Å². The van der Waals surface area contributed by atoms with E-state index >= 15 is 0 Å². The summed E-state index contributed by atoms with van der Waals surface area (Å²) in [6.07, 6.45) is 0. The molecule has 2 saturated heterocycles. The van der Waals surface area contributed by atoms with Gasteiger partial charge in [-0.2, -0.15) is 0 Å². The van der Waals surface area contributed by atoms with Gasteiger partial charge in [-0.3, -0.25) is 4.79 Å². The van der Waals surface area contributed by atoms with Crippen LogP contribution >= 0.6 is 0 Å². The first-order chi connectivity index (χ1) is 7.29. The van der Waals surface area contributed by atoms with Crippen molar-refractivity contribution in [2.45, 2.75) is 38.9 Å². The third-order valence-electron chi connectivity index (χ3n) is 3.14. The van der Waals surface area contributed by atoms with E-state index in [1.165, 1.54) is 0 Å². The number of morpholine rings is 1. The van der Waals surface area contributed by atoms with Crippen LogP contribution in [0.25, 0.3) is 0 Å². The molecule has 0 radical (unpaired) electrons. The van der Waals surface area contributed by atoms with E-state index in [1.807, 2.05) is 32.6 Å². The molecule has 0 aliphatic carbocycles. The van der Waals surface area contributed by atoms with Crippen LogP contribution < -0.4 is 5.32 Å². The topological polar surface area (TPSA) is 41.6 Å². The van der Waals surface area contributed by atoms with E-state index in [0.717, 1.165) is 13.1 Å². The molecular formula is C12H22N2O2. The van der Waals surface area contributed by atoms with Crippen molar-refractivity contribution in [1.29, 1.82) is 0 Å². The second kappa shape index (κ2) is 3.70. The minimum atomic E-state index is -0.241. The maximum atomic E-state index is 12.2. The van der Waals surface area contributed by atoms with E-state index in [1.54, 1.807) is 0 Å². The van der Waals surface area contributed by atoms with E-state index < -0.39 is 0 Å². The van der Waals surface area contributed by atoms with E-state index in [9.17, 15) is 4.79 Å². The molecule has 1 amide bonds. The fourth-order valence-corrected chi connectivity index (χ4v) is 2.67. The van der Waals surface area contributed by atoms with Crippen LogP contribution in [0.2, 0.25) is 0 Å². The zero-order valence-electron chi connectivity index (χ0n) is 10.7. The third-order valence-corrected chi connectivity index (χ3v) is 3.14. The highest BCUT2D eigenvalue weighted by Gasteiger charge is 2.42. The molecule has 2 heterocycles. The largest absolute Gasteiger partial charge is 0.366 e. The molecule has 0 atom stereocenters. The maximum Gasteiger partial charge on any atom is 0.228 e. The molecule has 1 N–H and O–H groups in total. The Morgan fingerprint density at radius 3 is 2.06 bits per heavy atom. The summed E-state index contributed by atoms with van der Waals surface area (Å²) in [4.78, 5) is 14.2. The lowest BCUT2D eigenvalue weighted by molar-refractivity contribution is -0.190. The van der Waals surface area contributed by atoms with E-state index in [-0.39, 0.29) is 23.0 Å². The minimum Gasteiger partial charge on any atom is -0.366 e. The van der Waals surface area contributed by atoms with Crippen LogP contribution in [-0.2, 0) is 9.53 Å². The Kier molecular flexibility index (Phi) is 2.75. The third kappa shape index (κ3) is 2.38. The minimum absolute atomic E-state index is 0.185. The summed E-state index contributed by atoms with van der Waals surface area (Å²) in [5.41, 5.74) is -0.483. The standard InChI is InChI=1S/C12H22N2O2/c1-11(2)7-14(8-12(3,4)16-11)10(15)9-5-13-6-9/h9,13H,5-8H2,1-4H3. The average molecular weight is 226 g/mol. The number of carbonyl (C=O) groups excluding carboxylic acids is 1. The molecule has 0 saturated carbocycles. The summed E-state index contributed by atoms with van der Waals surface area (Å²) in [6, 6.07) is 0. The van der Waals surface area contributed by atoms with Gasteiger partial charge in [0, 0.05) is 26.2 Å². The zero-order chi connectivity index (χ0) is 12.0. The van der Waals surface area contributed by atoms with Crippen LogP contribution in [0.1, 0.15) is 27.7 Å². The second-order valence-corrected chi connectivity index (χ2v) is 6.17. The van der Waals surface area contributed by atoms with Gasteiger partial charge in [-0.1, -0.05) is 0 Å². The highest BCUT2D eigenvalue weighted by atomic mass is 16.5. The van der Waals surface area contributed by atoms with Gasteiger partial charge in [0.15, 0.2) is 0 Å². The molecule has 2 rings (SSSR count). The fourth-order valence-electron chi connectivity index (χ4n) is 2.67. The van der Waals surface area contributed by atoms with Crippen molar-refractivity contribution >= 4 is 5.91 Å². The van der Waals surface area contributed by atoms with Gasteiger partial charge in [0.2, 0.25) is 5.91 Å². The summed E-state index contributed by atoms with van der Waals surface area (Å²) < 4.78 is 5.96. The molecule has 0 spiro atoms. The Hall–Kier alpha value is -0.610. The van der Waals surface area contributed by atoms with E-state index in [4.69, 9.17) is 4.74 Å². The summed E-state index contributed by atoms with van der Waals surface area (Å²) in [5, 5.41) is 3.14. The molecule has 4 nitrogen and oxygen atoms in total. The van der Waals surface area contributed by atoms with Gasteiger partial charge >= 0.3 is 0 Å². The summed E-state index contributed by atoms with van der Waals surface area (Å²) in [5.74, 6) is 0.466. The van der Waals surface area contributed by atoms with Crippen molar-refractivity contribution in [1.82, 2.24) is 10.2 Å². The monoisotopic (exact) mass is 226 g/mol. The van der Waals surface area contributed by atoms with Gasteiger partial charge < -0.3 is 15.0 Å². The average Bonchev–Trinajstić information content (AvgIpc) is 1.94. The van der Waals surface area contributed by atoms with E-state index in [0.29, 0.717) is 13.1 Å². The normalized spacial score (nSPS) is 28.6. The van der Waals surface area contributed by atoms with Crippen LogP contribution in [0, 0.1) is 5.92 Å². The molecular weight excluding hydrogens is 204 g/mol. The molecule has 0 aromatic heterocycles. The highest BCUT2D eigenvalue weighted by molar-refractivity contribution is 5.80. The molecule has 16 heavy (non-hydrogen) atoms. The molecule has 0 unspecified atom stereocenters. The van der Waals surface area contributed by atoms with Crippen LogP contribution in [-0.4, -0.2) is 48.2 Å². The number of rotatable bonds is 1. The number of nitrogens with zero attached hydrogens (tertiary/aromatic N) is 1. The first-order valence-corrected chi connectivity index (χ1v) is 5.99. The van der Waals surface area contributed by atoms with Crippen molar-refractivity contribution in [3.8, 4) is 0 Å². The predicted molar refractivity (Wildman–Crippen MR) is 62.2 cm³/mol. The second-order valence-electron chi connectivity index (χ2n) is 6.17. The molecule has 0 aromatic rings. The number of ether oxygens (including phenoxy) is 1. The van der Waals surface area contributed by atoms with E-state index in [2.05, 4.69) is 5.32 Å². The Labute approximate surface area is 97.3 Å². The number of nitrogens with one attached hydrogen (secondary N) is 1. The van der Waals surface area contributed by atoms with Gasteiger partial charge in [-0.05, 0) is 27.7 Å². The number of hydrogen-bond donors (Lipinski definition) is 1. The summed E-state index contributed by atoms with van der Waals surface area (Å²) in [6.45, 7) is 11.3.